The van der Waals surface area contributed by atoms with E-state index in [0.717, 1.165) is 6.29 Å². The van der Waals surface area contributed by atoms with Crippen molar-refractivity contribution in [1.82, 2.24) is 14.8 Å². The van der Waals surface area contributed by atoms with Crippen LogP contribution in [0.25, 0.3) is 0 Å². The highest BCUT2D eigenvalue weighted by Gasteiger charge is 2.14. The van der Waals surface area contributed by atoms with Gasteiger partial charge in [-0.3, -0.25) is 9.78 Å². The first-order valence-corrected chi connectivity index (χ1v) is 4.79. The molecule has 5 heteroatoms. The molecule has 2 aromatic heterocycles. The Labute approximate surface area is 92.7 Å². The summed E-state index contributed by atoms with van der Waals surface area (Å²) in [6.07, 6.45) is 3.98. The number of carbonyl (C=O) groups excluding carboxylic acids is 1. The van der Waals surface area contributed by atoms with Gasteiger partial charge in [0.05, 0.1) is 17.5 Å². The van der Waals surface area contributed by atoms with Crippen LogP contribution in [0.5, 0.6) is 11.6 Å². The first-order valence-electron chi connectivity index (χ1n) is 4.79. The van der Waals surface area contributed by atoms with Crippen LogP contribution >= 0.6 is 0 Å². The molecule has 0 aliphatic heterocycles. The molecule has 0 atom stereocenters. The van der Waals surface area contributed by atoms with Gasteiger partial charge in [-0.1, -0.05) is 0 Å². The lowest BCUT2D eigenvalue weighted by Crippen LogP contribution is -1.96. The number of hydrogen-bond donors (Lipinski definition) is 0. The molecule has 0 aliphatic rings. The number of pyridine rings is 1. The number of aryl methyl sites for hydroxylation is 2. The van der Waals surface area contributed by atoms with Crippen LogP contribution in [-0.4, -0.2) is 21.1 Å². The van der Waals surface area contributed by atoms with Crippen molar-refractivity contribution in [3.8, 4) is 11.6 Å². The molecule has 0 saturated carbocycles. The summed E-state index contributed by atoms with van der Waals surface area (Å²) in [6.45, 7) is 1.76. The zero-order chi connectivity index (χ0) is 11.5. The minimum Gasteiger partial charge on any atom is -0.437 e. The van der Waals surface area contributed by atoms with Crippen molar-refractivity contribution in [1.29, 1.82) is 0 Å². The summed E-state index contributed by atoms with van der Waals surface area (Å²) < 4.78 is 7.09. The van der Waals surface area contributed by atoms with Crippen LogP contribution in [0.1, 0.15) is 16.1 Å². The Bertz CT molecular complexity index is 505. The van der Waals surface area contributed by atoms with E-state index in [9.17, 15) is 4.79 Å². The van der Waals surface area contributed by atoms with Crippen LogP contribution < -0.4 is 4.74 Å². The predicted octanol–water partition coefficient (Wildman–Crippen LogP) is 1.73. The van der Waals surface area contributed by atoms with E-state index in [1.165, 1.54) is 4.68 Å². The number of ether oxygens (including phenoxy) is 1. The summed E-state index contributed by atoms with van der Waals surface area (Å²) >= 11 is 0. The van der Waals surface area contributed by atoms with Crippen molar-refractivity contribution >= 4 is 6.29 Å². The van der Waals surface area contributed by atoms with E-state index in [2.05, 4.69) is 10.1 Å². The van der Waals surface area contributed by atoms with Crippen molar-refractivity contribution in [2.45, 2.75) is 6.92 Å². The van der Waals surface area contributed by atoms with Gasteiger partial charge in [-0.25, -0.2) is 4.68 Å². The molecule has 0 bridgehead atoms. The van der Waals surface area contributed by atoms with Crippen LogP contribution in [0.3, 0.4) is 0 Å². The summed E-state index contributed by atoms with van der Waals surface area (Å²) in [4.78, 5) is 14.8. The third-order valence-corrected chi connectivity index (χ3v) is 2.18. The molecular formula is C11H11N3O2. The van der Waals surface area contributed by atoms with Gasteiger partial charge in [0.2, 0.25) is 5.88 Å². The summed E-state index contributed by atoms with van der Waals surface area (Å²) in [7, 11) is 1.73. The standard InChI is InChI=1S/C11H11N3O2/c1-8-10(7-15)11(14(2)13-8)16-9-4-3-5-12-6-9/h3-7H,1-2H3. The highest BCUT2D eigenvalue weighted by molar-refractivity contribution is 5.80. The Hall–Kier alpha value is -2.17. The molecule has 0 N–H and O–H groups in total. The smallest absolute Gasteiger partial charge is 0.228 e. The molecular weight excluding hydrogens is 206 g/mol. The topological polar surface area (TPSA) is 57.0 Å². The van der Waals surface area contributed by atoms with Crippen molar-refractivity contribution in [2.24, 2.45) is 7.05 Å². The molecule has 2 rings (SSSR count). The molecule has 2 aromatic rings. The van der Waals surface area contributed by atoms with Gasteiger partial charge < -0.3 is 4.74 Å². The lowest BCUT2D eigenvalue weighted by atomic mass is 10.3. The van der Waals surface area contributed by atoms with E-state index in [0.29, 0.717) is 22.9 Å². The number of carbonyl (C=O) groups is 1. The van der Waals surface area contributed by atoms with Crippen LogP contribution in [0.2, 0.25) is 0 Å². The van der Waals surface area contributed by atoms with Crippen molar-refractivity contribution in [3.63, 3.8) is 0 Å². The lowest BCUT2D eigenvalue weighted by molar-refractivity contribution is 0.112. The summed E-state index contributed by atoms with van der Waals surface area (Å²) in [5.41, 5.74) is 1.11. The van der Waals surface area contributed by atoms with E-state index in [1.54, 1.807) is 38.5 Å². The van der Waals surface area contributed by atoms with Crippen molar-refractivity contribution in [2.75, 3.05) is 0 Å². The van der Waals surface area contributed by atoms with Crippen LogP contribution in [-0.2, 0) is 7.05 Å². The monoisotopic (exact) mass is 217 g/mol. The van der Waals surface area contributed by atoms with E-state index >= 15 is 0 Å². The van der Waals surface area contributed by atoms with Gasteiger partial charge in [0.15, 0.2) is 6.29 Å². The number of aldehydes is 1. The number of aromatic nitrogens is 3. The molecule has 82 valence electrons. The second-order valence-corrected chi connectivity index (χ2v) is 3.34. The molecule has 0 fully saturated rings. The predicted molar refractivity (Wildman–Crippen MR) is 57.6 cm³/mol. The van der Waals surface area contributed by atoms with Crippen molar-refractivity contribution in [3.05, 3.63) is 35.8 Å². The summed E-state index contributed by atoms with van der Waals surface area (Å²) in [5, 5.41) is 4.12. The molecule has 0 unspecified atom stereocenters. The maximum absolute atomic E-state index is 10.9. The maximum Gasteiger partial charge on any atom is 0.228 e. The van der Waals surface area contributed by atoms with Crippen LogP contribution in [0.4, 0.5) is 0 Å². The quantitative estimate of drug-likeness (QED) is 0.734. The molecule has 0 radical (unpaired) electrons. The van der Waals surface area contributed by atoms with Gasteiger partial charge in [-0.05, 0) is 19.1 Å². The van der Waals surface area contributed by atoms with E-state index in [1.807, 2.05) is 0 Å². The molecule has 5 nitrogen and oxygen atoms in total. The van der Waals surface area contributed by atoms with E-state index in [-0.39, 0.29) is 0 Å². The van der Waals surface area contributed by atoms with Gasteiger partial charge >= 0.3 is 0 Å². The number of nitrogens with zero attached hydrogens (tertiary/aromatic N) is 3. The molecule has 0 aliphatic carbocycles. The van der Waals surface area contributed by atoms with Gasteiger partial charge in [-0.2, -0.15) is 5.10 Å². The second-order valence-electron chi connectivity index (χ2n) is 3.34. The molecule has 0 amide bonds. The third kappa shape index (κ3) is 1.79. The van der Waals surface area contributed by atoms with Crippen molar-refractivity contribution < 1.29 is 9.53 Å². The fourth-order valence-electron chi connectivity index (χ4n) is 1.43. The first-order chi connectivity index (χ1) is 7.72. The Morgan fingerprint density at radius 3 is 2.94 bits per heavy atom. The van der Waals surface area contributed by atoms with Crippen LogP contribution in [0.15, 0.2) is 24.5 Å². The average Bonchev–Trinajstić information content (AvgIpc) is 2.55. The number of hydrogen-bond acceptors (Lipinski definition) is 4. The SMILES string of the molecule is Cc1nn(C)c(Oc2cccnc2)c1C=O. The zero-order valence-corrected chi connectivity index (χ0v) is 9.04. The molecule has 0 spiro atoms. The van der Waals surface area contributed by atoms with Gasteiger partial charge in [0.1, 0.15) is 5.75 Å². The second kappa shape index (κ2) is 4.14. The maximum atomic E-state index is 10.9. The zero-order valence-electron chi connectivity index (χ0n) is 9.04. The van der Waals surface area contributed by atoms with Gasteiger partial charge in [0, 0.05) is 13.2 Å². The minimum atomic E-state index is 0.431. The summed E-state index contributed by atoms with van der Waals surface area (Å²) in [6, 6.07) is 3.53. The molecule has 0 saturated heterocycles. The minimum absolute atomic E-state index is 0.431. The first kappa shape index (κ1) is 10.4. The molecule has 2 heterocycles. The Kier molecular flexibility index (Phi) is 2.68. The highest BCUT2D eigenvalue weighted by atomic mass is 16.5. The lowest BCUT2D eigenvalue weighted by Gasteiger charge is -2.05. The Morgan fingerprint density at radius 2 is 2.31 bits per heavy atom. The third-order valence-electron chi connectivity index (χ3n) is 2.18. The number of rotatable bonds is 3. The largest absolute Gasteiger partial charge is 0.437 e. The molecule has 0 aromatic carbocycles. The van der Waals surface area contributed by atoms with E-state index < -0.39 is 0 Å². The van der Waals surface area contributed by atoms with Crippen LogP contribution in [0, 0.1) is 6.92 Å². The average molecular weight is 217 g/mol. The fourth-order valence-corrected chi connectivity index (χ4v) is 1.43. The Balaban J connectivity index is 2.38. The van der Waals surface area contributed by atoms with E-state index in [4.69, 9.17) is 4.74 Å². The Morgan fingerprint density at radius 1 is 1.50 bits per heavy atom. The normalized spacial score (nSPS) is 10.1. The van der Waals surface area contributed by atoms with Gasteiger partial charge in [0.25, 0.3) is 0 Å². The highest BCUT2D eigenvalue weighted by Crippen LogP contribution is 2.24. The van der Waals surface area contributed by atoms with Gasteiger partial charge in [-0.15, -0.1) is 0 Å². The fraction of sp³-hybridized carbons (Fsp3) is 0.182. The summed E-state index contributed by atoms with van der Waals surface area (Å²) in [5.74, 6) is 1.01. The molecule has 16 heavy (non-hydrogen) atoms.